The van der Waals surface area contributed by atoms with E-state index in [4.69, 9.17) is 10.00 Å². The van der Waals surface area contributed by atoms with Gasteiger partial charge in [-0.05, 0) is 35.2 Å². The number of urea groups is 1. The van der Waals surface area contributed by atoms with Gasteiger partial charge in [-0.3, -0.25) is 9.88 Å². The second-order valence-corrected chi connectivity index (χ2v) is 9.20. The maximum absolute atomic E-state index is 13.1. The van der Waals surface area contributed by atoms with Crippen LogP contribution in [0.5, 0.6) is 0 Å². The minimum absolute atomic E-state index is 0.00921. The van der Waals surface area contributed by atoms with Crippen molar-refractivity contribution in [2.24, 2.45) is 0 Å². The fraction of sp³-hybridized carbons (Fsp3) is 0.370. The number of amides is 2. The van der Waals surface area contributed by atoms with Crippen LogP contribution in [0.4, 0.5) is 4.79 Å². The predicted octanol–water partition coefficient (Wildman–Crippen LogP) is 2.72. The molecular formula is C27H29N7O2. The standard InChI is InChI=1S/C27H29N7O2/c1-36-25(18-32-9-7-20-4-2-3-5-22(20)16-32)19-34-11-10-33(27(34)35)17-24-12-21(6-8-29-24)23-14-30-26(13-28)31-15-23/h2-6,8,12,14-15,25H,7,9-11,16-19H2,1H3/t25-/m1/s1. The highest BCUT2D eigenvalue weighted by Crippen LogP contribution is 2.21. The van der Waals surface area contributed by atoms with Gasteiger partial charge in [0.1, 0.15) is 6.07 Å². The summed E-state index contributed by atoms with van der Waals surface area (Å²) >= 11 is 0. The van der Waals surface area contributed by atoms with E-state index < -0.39 is 0 Å². The van der Waals surface area contributed by atoms with E-state index in [1.54, 1.807) is 25.7 Å². The van der Waals surface area contributed by atoms with Crippen molar-refractivity contribution in [2.75, 3.05) is 39.8 Å². The van der Waals surface area contributed by atoms with Crippen LogP contribution in [0.2, 0.25) is 0 Å². The first-order chi connectivity index (χ1) is 17.6. The van der Waals surface area contributed by atoms with Gasteiger partial charge in [-0.2, -0.15) is 5.26 Å². The number of hydrogen-bond acceptors (Lipinski definition) is 7. The Morgan fingerprint density at radius 1 is 1.00 bits per heavy atom. The number of ether oxygens (including phenoxy) is 1. The van der Waals surface area contributed by atoms with E-state index in [1.807, 2.05) is 28.0 Å². The van der Waals surface area contributed by atoms with Crippen LogP contribution in [0.1, 0.15) is 22.6 Å². The van der Waals surface area contributed by atoms with Crippen LogP contribution in [0.25, 0.3) is 11.1 Å². The van der Waals surface area contributed by atoms with Crippen LogP contribution in [0, 0.1) is 11.3 Å². The Labute approximate surface area is 211 Å². The number of nitriles is 1. The normalized spacial score (nSPS) is 16.6. The average molecular weight is 484 g/mol. The number of aromatic nitrogens is 3. The maximum atomic E-state index is 13.1. The Balaban J connectivity index is 1.17. The summed E-state index contributed by atoms with van der Waals surface area (Å²) in [6.07, 6.45) is 5.97. The Bertz CT molecular complexity index is 1260. The lowest BCUT2D eigenvalue weighted by Crippen LogP contribution is -2.44. The molecule has 0 aliphatic carbocycles. The summed E-state index contributed by atoms with van der Waals surface area (Å²) in [6, 6.07) is 14.3. The van der Waals surface area contributed by atoms with E-state index in [9.17, 15) is 4.79 Å². The molecule has 2 aliphatic heterocycles. The third kappa shape index (κ3) is 5.35. The van der Waals surface area contributed by atoms with Crippen LogP contribution >= 0.6 is 0 Å². The first kappa shape index (κ1) is 23.9. The lowest BCUT2D eigenvalue weighted by atomic mass is 10.00. The highest BCUT2D eigenvalue weighted by molar-refractivity contribution is 5.76. The van der Waals surface area contributed by atoms with Crippen molar-refractivity contribution in [3.63, 3.8) is 0 Å². The van der Waals surface area contributed by atoms with E-state index in [1.165, 1.54) is 11.1 Å². The Hall–Kier alpha value is -3.87. The van der Waals surface area contributed by atoms with Crippen LogP contribution in [-0.4, -0.2) is 81.6 Å². The molecule has 184 valence electrons. The van der Waals surface area contributed by atoms with E-state index in [0.29, 0.717) is 26.2 Å². The minimum atomic E-state index is -0.0444. The van der Waals surface area contributed by atoms with Crippen molar-refractivity contribution in [1.82, 2.24) is 29.7 Å². The van der Waals surface area contributed by atoms with Gasteiger partial charge in [0.15, 0.2) is 0 Å². The zero-order valence-corrected chi connectivity index (χ0v) is 20.4. The quantitative estimate of drug-likeness (QED) is 0.486. The lowest BCUT2D eigenvalue weighted by Gasteiger charge is -2.32. The van der Waals surface area contributed by atoms with E-state index in [0.717, 1.165) is 42.9 Å². The SMILES string of the molecule is CO[C@H](CN1CCc2ccccc2C1)CN1CCN(Cc2cc(-c3cnc(C#N)nc3)ccn2)C1=O. The smallest absolute Gasteiger partial charge is 0.320 e. The number of benzene rings is 1. The third-order valence-electron chi connectivity index (χ3n) is 6.86. The summed E-state index contributed by atoms with van der Waals surface area (Å²) in [7, 11) is 1.73. The molecule has 0 radical (unpaired) electrons. The highest BCUT2D eigenvalue weighted by Gasteiger charge is 2.31. The number of rotatable bonds is 8. The summed E-state index contributed by atoms with van der Waals surface area (Å²) in [5, 5.41) is 8.90. The number of carbonyl (C=O) groups is 1. The molecule has 5 rings (SSSR count). The molecule has 1 fully saturated rings. The number of methoxy groups -OCH3 is 1. The van der Waals surface area contributed by atoms with Crippen LogP contribution in [-0.2, 0) is 24.2 Å². The summed E-state index contributed by atoms with van der Waals surface area (Å²) in [5.41, 5.74) is 5.30. The van der Waals surface area contributed by atoms with Gasteiger partial charge >= 0.3 is 6.03 Å². The average Bonchev–Trinajstić information content (AvgIpc) is 3.26. The molecule has 2 aliphatic rings. The molecule has 0 saturated carbocycles. The molecule has 9 nitrogen and oxygen atoms in total. The molecule has 0 bridgehead atoms. The van der Waals surface area contributed by atoms with Crippen molar-refractivity contribution in [3.8, 4) is 17.2 Å². The second-order valence-electron chi connectivity index (χ2n) is 9.20. The van der Waals surface area contributed by atoms with Crippen LogP contribution < -0.4 is 0 Å². The number of fused-ring (bicyclic) bond motifs is 1. The first-order valence-corrected chi connectivity index (χ1v) is 12.2. The number of pyridine rings is 1. The largest absolute Gasteiger partial charge is 0.378 e. The van der Waals surface area contributed by atoms with Crippen LogP contribution in [0.3, 0.4) is 0 Å². The second kappa shape index (κ2) is 10.8. The molecule has 0 N–H and O–H groups in total. The van der Waals surface area contributed by atoms with E-state index in [2.05, 4.69) is 44.1 Å². The molecule has 1 atom stereocenters. The van der Waals surface area contributed by atoms with Gasteiger partial charge in [0, 0.05) is 70.5 Å². The molecule has 3 aromatic rings. The van der Waals surface area contributed by atoms with Crippen molar-refractivity contribution in [3.05, 3.63) is 77.6 Å². The molecule has 2 aromatic heterocycles. The Morgan fingerprint density at radius 3 is 2.56 bits per heavy atom. The summed E-state index contributed by atoms with van der Waals surface area (Å²) in [6.45, 7) is 5.04. The van der Waals surface area contributed by atoms with Gasteiger partial charge in [0.25, 0.3) is 0 Å². The number of nitrogens with zero attached hydrogens (tertiary/aromatic N) is 7. The van der Waals surface area contributed by atoms with Crippen molar-refractivity contribution >= 4 is 6.03 Å². The summed E-state index contributed by atoms with van der Waals surface area (Å²) in [4.78, 5) is 31.8. The van der Waals surface area contributed by atoms with Crippen molar-refractivity contribution in [2.45, 2.75) is 25.6 Å². The van der Waals surface area contributed by atoms with Crippen LogP contribution in [0.15, 0.2) is 55.0 Å². The van der Waals surface area contributed by atoms with Crippen molar-refractivity contribution < 1.29 is 9.53 Å². The third-order valence-corrected chi connectivity index (χ3v) is 6.86. The Morgan fingerprint density at radius 2 is 1.78 bits per heavy atom. The first-order valence-electron chi connectivity index (χ1n) is 12.2. The number of hydrogen-bond donors (Lipinski definition) is 0. The molecular weight excluding hydrogens is 454 g/mol. The monoisotopic (exact) mass is 483 g/mol. The van der Waals surface area contributed by atoms with E-state index in [-0.39, 0.29) is 18.0 Å². The summed E-state index contributed by atoms with van der Waals surface area (Å²) < 4.78 is 5.79. The lowest BCUT2D eigenvalue weighted by molar-refractivity contribution is 0.0419. The molecule has 0 unspecified atom stereocenters. The van der Waals surface area contributed by atoms with E-state index >= 15 is 0 Å². The van der Waals surface area contributed by atoms with Gasteiger partial charge < -0.3 is 14.5 Å². The van der Waals surface area contributed by atoms with Gasteiger partial charge in [0.05, 0.1) is 18.3 Å². The molecule has 1 aromatic carbocycles. The molecule has 36 heavy (non-hydrogen) atoms. The maximum Gasteiger partial charge on any atom is 0.320 e. The fourth-order valence-electron chi connectivity index (χ4n) is 4.87. The predicted molar refractivity (Wildman–Crippen MR) is 134 cm³/mol. The highest BCUT2D eigenvalue weighted by atomic mass is 16.5. The zero-order chi connectivity index (χ0) is 24.9. The van der Waals surface area contributed by atoms with Crippen molar-refractivity contribution in [1.29, 1.82) is 5.26 Å². The molecule has 4 heterocycles. The molecule has 9 heteroatoms. The Kier molecular flexibility index (Phi) is 7.16. The fourth-order valence-corrected chi connectivity index (χ4v) is 4.87. The number of carbonyl (C=O) groups excluding carboxylic acids is 1. The molecule has 1 saturated heterocycles. The molecule has 2 amide bonds. The summed E-state index contributed by atoms with van der Waals surface area (Å²) in [5.74, 6) is 0.134. The molecule has 0 spiro atoms. The van der Waals surface area contributed by atoms with Gasteiger partial charge in [0.2, 0.25) is 5.82 Å². The zero-order valence-electron chi connectivity index (χ0n) is 20.4. The van der Waals surface area contributed by atoms with Gasteiger partial charge in [-0.15, -0.1) is 0 Å². The minimum Gasteiger partial charge on any atom is -0.378 e. The van der Waals surface area contributed by atoms with Gasteiger partial charge in [-0.25, -0.2) is 14.8 Å². The topological polar surface area (TPSA) is 98.5 Å². The van der Waals surface area contributed by atoms with Gasteiger partial charge in [-0.1, -0.05) is 24.3 Å².